The number of Topliss-reactive ketones (excluding diaryl/α,β-unsaturated/α-hetero) is 1. The van der Waals surface area contributed by atoms with Crippen LogP contribution in [0.5, 0.6) is 0 Å². The molecule has 0 amide bonds. The van der Waals surface area contributed by atoms with E-state index in [0.29, 0.717) is 12.3 Å². The van der Waals surface area contributed by atoms with Gasteiger partial charge in [0.1, 0.15) is 0 Å². The number of hydrogen-bond donors (Lipinski definition) is 1. The van der Waals surface area contributed by atoms with Crippen LogP contribution in [-0.4, -0.2) is 23.9 Å². The molecule has 3 rings (SSSR count). The van der Waals surface area contributed by atoms with Crippen LogP contribution in [0.2, 0.25) is 0 Å². The Bertz CT molecular complexity index is 583. The summed E-state index contributed by atoms with van der Waals surface area (Å²) in [5, 5.41) is 5.42. The minimum absolute atomic E-state index is 0.243. The number of rotatable bonds is 3. The summed E-state index contributed by atoms with van der Waals surface area (Å²) in [5.74, 6) is 0.723. The number of carbonyl (C=O) groups excluding carboxylic acids is 1. The zero-order chi connectivity index (χ0) is 13.1. The second-order valence-corrected chi connectivity index (χ2v) is 5.24. The van der Waals surface area contributed by atoms with E-state index < -0.39 is 0 Å². The van der Waals surface area contributed by atoms with E-state index in [1.807, 2.05) is 24.3 Å². The van der Waals surface area contributed by atoms with Gasteiger partial charge in [-0.25, -0.2) is 0 Å². The van der Waals surface area contributed by atoms with Crippen LogP contribution in [0.25, 0.3) is 10.8 Å². The third-order valence-corrected chi connectivity index (χ3v) is 3.86. The van der Waals surface area contributed by atoms with Gasteiger partial charge < -0.3 is 5.32 Å². The Labute approximate surface area is 113 Å². The molecule has 98 valence electrons. The van der Waals surface area contributed by atoms with Gasteiger partial charge in [0, 0.05) is 29.8 Å². The molecule has 1 fully saturated rings. The second kappa shape index (κ2) is 5.49. The number of hydrogen-bond acceptors (Lipinski definition) is 3. The maximum absolute atomic E-state index is 12.5. The van der Waals surface area contributed by atoms with Crippen molar-refractivity contribution in [2.24, 2.45) is 5.92 Å². The Hall–Kier alpha value is -1.74. The lowest BCUT2D eigenvalue weighted by atomic mass is 9.90. The first-order valence-corrected chi connectivity index (χ1v) is 6.91. The van der Waals surface area contributed by atoms with Crippen molar-refractivity contribution in [1.82, 2.24) is 10.3 Å². The van der Waals surface area contributed by atoms with Crippen LogP contribution in [0.3, 0.4) is 0 Å². The molecule has 1 aromatic carbocycles. The summed E-state index contributed by atoms with van der Waals surface area (Å²) >= 11 is 0. The molecule has 2 heterocycles. The van der Waals surface area contributed by atoms with E-state index in [0.717, 1.165) is 35.8 Å². The molecule has 0 radical (unpaired) electrons. The largest absolute Gasteiger partial charge is 0.316 e. The zero-order valence-corrected chi connectivity index (χ0v) is 10.9. The minimum Gasteiger partial charge on any atom is -0.316 e. The maximum atomic E-state index is 12.5. The second-order valence-electron chi connectivity index (χ2n) is 5.24. The quantitative estimate of drug-likeness (QED) is 0.856. The highest BCUT2D eigenvalue weighted by Crippen LogP contribution is 2.22. The Morgan fingerprint density at radius 1 is 1.37 bits per heavy atom. The average Bonchev–Trinajstić information content (AvgIpc) is 2.47. The lowest BCUT2D eigenvalue weighted by Crippen LogP contribution is -2.31. The molecule has 0 spiro atoms. The number of carbonyl (C=O) groups is 1. The van der Waals surface area contributed by atoms with Gasteiger partial charge in [0.25, 0.3) is 0 Å². The minimum atomic E-state index is 0.243. The molecule has 3 nitrogen and oxygen atoms in total. The number of nitrogens with zero attached hydrogens (tertiary/aromatic N) is 1. The van der Waals surface area contributed by atoms with Gasteiger partial charge in [0.2, 0.25) is 0 Å². The first-order valence-electron chi connectivity index (χ1n) is 6.91. The van der Waals surface area contributed by atoms with Crippen LogP contribution in [0.15, 0.2) is 36.7 Å². The fourth-order valence-electron chi connectivity index (χ4n) is 2.83. The molecule has 0 aliphatic carbocycles. The molecule has 1 unspecified atom stereocenters. The Kier molecular flexibility index (Phi) is 3.56. The Balaban J connectivity index is 1.85. The van der Waals surface area contributed by atoms with E-state index >= 15 is 0 Å². The molecule has 3 heteroatoms. The standard InChI is InChI=1S/C16H18N2O/c19-16(9-12-3-2-7-17-10-12)14-5-1-4-13-6-8-18-11-15(13)14/h1,4-6,8,11-12,17H,2-3,7,9-10H2. The van der Waals surface area contributed by atoms with Gasteiger partial charge in [-0.1, -0.05) is 18.2 Å². The maximum Gasteiger partial charge on any atom is 0.163 e. The van der Waals surface area contributed by atoms with Crippen LogP contribution in [-0.2, 0) is 0 Å². The molecule has 1 aliphatic heterocycles. The van der Waals surface area contributed by atoms with Crippen molar-refractivity contribution >= 4 is 16.6 Å². The summed E-state index contributed by atoms with van der Waals surface area (Å²) in [4.78, 5) is 16.6. The van der Waals surface area contributed by atoms with Gasteiger partial charge in [-0.2, -0.15) is 0 Å². The highest BCUT2D eigenvalue weighted by molar-refractivity contribution is 6.07. The predicted molar refractivity (Wildman–Crippen MR) is 76.3 cm³/mol. The van der Waals surface area contributed by atoms with Crippen LogP contribution in [0.1, 0.15) is 29.6 Å². The van der Waals surface area contributed by atoms with Crippen molar-refractivity contribution in [3.05, 3.63) is 42.2 Å². The van der Waals surface area contributed by atoms with Crippen LogP contribution < -0.4 is 5.32 Å². The van der Waals surface area contributed by atoms with Gasteiger partial charge in [-0.3, -0.25) is 9.78 Å². The third kappa shape index (κ3) is 2.66. The molecule has 1 N–H and O–H groups in total. The number of benzene rings is 1. The summed E-state index contributed by atoms with van der Waals surface area (Å²) in [6.45, 7) is 2.05. The van der Waals surface area contributed by atoms with E-state index in [2.05, 4.69) is 10.3 Å². The fraction of sp³-hybridized carbons (Fsp3) is 0.375. The zero-order valence-electron chi connectivity index (χ0n) is 10.9. The van der Waals surface area contributed by atoms with Gasteiger partial charge in [-0.15, -0.1) is 0 Å². The molecule has 0 bridgehead atoms. The molecular formula is C16H18N2O. The van der Waals surface area contributed by atoms with Crippen molar-refractivity contribution < 1.29 is 4.79 Å². The average molecular weight is 254 g/mol. The van der Waals surface area contributed by atoms with E-state index in [1.165, 1.54) is 6.42 Å². The lowest BCUT2D eigenvalue weighted by molar-refractivity contribution is 0.0955. The number of fused-ring (bicyclic) bond motifs is 1. The van der Waals surface area contributed by atoms with E-state index in [9.17, 15) is 4.79 Å². The molecule has 1 atom stereocenters. The van der Waals surface area contributed by atoms with E-state index in [-0.39, 0.29) is 5.78 Å². The monoisotopic (exact) mass is 254 g/mol. The first-order chi connectivity index (χ1) is 9.34. The molecule has 19 heavy (non-hydrogen) atoms. The van der Waals surface area contributed by atoms with Gasteiger partial charge in [0.05, 0.1) is 0 Å². The summed E-state index contributed by atoms with van der Waals surface area (Å²) in [5.41, 5.74) is 0.816. The molecular weight excluding hydrogens is 236 g/mol. The number of nitrogens with one attached hydrogen (secondary N) is 1. The highest BCUT2D eigenvalue weighted by Gasteiger charge is 2.18. The van der Waals surface area contributed by atoms with Crippen LogP contribution in [0, 0.1) is 5.92 Å². The van der Waals surface area contributed by atoms with Crippen molar-refractivity contribution in [2.45, 2.75) is 19.3 Å². The summed E-state index contributed by atoms with van der Waals surface area (Å²) in [6.07, 6.45) is 6.53. The highest BCUT2D eigenvalue weighted by atomic mass is 16.1. The summed E-state index contributed by atoms with van der Waals surface area (Å²) in [6, 6.07) is 7.85. The SMILES string of the molecule is O=C(CC1CCCNC1)c1cccc2ccncc12. The first kappa shape index (κ1) is 12.3. The van der Waals surface area contributed by atoms with Crippen LogP contribution in [0.4, 0.5) is 0 Å². The van der Waals surface area contributed by atoms with Gasteiger partial charge in [-0.05, 0) is 43.3 Å². The van der Waals surface area contributed by atoms with Gasteiger partial charge >= 0.3 is 0 Å². The molecule has 0 saturated carbocycles. The molecule has 1 saturated heterocycles. The Morgan fingerprint density at radius 3 is 3.16 bits per heavy atom. The molecule has 2 aromatic rings. The van der Waals surface area contributed by atoms with Gasteiger partial charge in [0.15, 0.2) is 5.78 Å². The topological polar surface area (TPSA) is 42.0 Å². The predicted octanol–water partition coefficient (Wildman–Crippen LogP) is 2.81. The molecule has 1 aliphatic rings. The third-order valence-electron chi connectivity index (χ3n) is 3.86. The smallest absolute Gasteiger partial charge is 0.163 e. The van der Waals surface area contributed by atoms with Crippen molar-refractivity contribution in [1.29, 1.82) is 0 Å². The summed E-state index contributed by atoms with van der Waals surface area (Å²) in [7, 11) is 0. The number of ketones is 1. The van der Waals surface area contributed by atoms with Crippen molar-refractivity contribution in [3.8, 4) is 0 Å². The number of aromatic nitrogens is 1. The fourth-order valence-corrected chi connectivity index (χ4v) is 2.83. The van der Waals surface area contributed by atoms with Crippen molar-refractivity contribution in [2.75, 3.05) is 13.1 Å². The van der Waals surface area contributed by atoms with E-state index in [1.54, 1.807) is 12.4 Å². The Morgan fingerprint density at radius 2 is 2.32 bits per heavy atom. The van der Waals surface area contributed by atoms with E-state index in [4.69, 9.17) is 0 Å². The van der Waals surface area contributed by atoms with Crippen molar-refractivity contribution in [3.63, 3.8) is 0 Å². The molecule has 1 aromatic heterocycles. The lowest BCUT2D eigenvalue weighted by Gasteiger charge is -2.22. The number of pyridine rings is 1. The summed E-state index contributed by atoms with van der Waals surface area (Å²) < 4.78 is 0. The number of piperidine rings is 1. The normalized spacial score (nSPS) is 19.5. The van der Waals surface area contributed by atoms with Crippen LogP contribution >= 0.6 is 0 Å².